The molecule has 0 saturated carbocycles. The van der Waals surface area contributed by atoms with Crippen LogP contribution in [0.15, 0.2) is 30.3 Å². The van der Waals surface area contributed by atoms with Crippen LogP contribution in [-0.2, 0) is 4.79 Å². The molecule has 2 N–H and O–H groups in total. The van der Waals surface area contributed by atoms with Crippen molar-refractivity contribution in [3.05, 3.63) is 30.3 Å². The minimum atomic E-state index is -0.104. The highest BCUT2D eigenvalue weighted by Gasteiger charge is 2.28. The molecule has 5 heteroatoms. The number of piperazine rings is 1. The Labute approximate surface area is 127 Å². The van der Waals surface area contributed by atoms with Gasteiger partial charge in [-0.05, 0) is 32.9 Å². The summed E-state index contributed by atoms with van der Waals surface area (Å²) in [6, 6.07) is 10.4. The van der Waals surface area contributed by atoms with Crippen LogP contribution >= 0.6 is 12.4 Å². The maximum Gasteiger partial charge on any atom is 0.241 e. The number of halogens is 1. The molecule has 0 radical (unpaired) electrons. The Balaban J connectivity index is 0.00000200. The summed E-state index contributed by atoms with van der Waals surface area (Å²) >= 11 is 0. The molecular formula is C15H24ClN3O. The number of nitrogens with one attached hydrogen (secondary N) is 2. The molecule has 1 amide bonds. The molecule has 20 heavy (non-hydrogen) atoms. The molecule has 4 nitrogen and oxygen atoms in total. The van der Waals surface area contributed by atoms with Crippen molar-refractivity contribution < 1.29 is 4.79 Å². The van der Waals surface area contributed by atoms with Crippen molar-refractivity contribution in [3.63, 3.8) is 0 Å². The molecule has 0 aliphatic carbocycles. The Morgan fingerprint density at radius 3 is 2.35 bits per heavy atom. The second kappa shape index (κ2) is 7.62. The number of hydrogen-bond donors (Lipinski definition) is 2. The average molecular weight is 298 g/mol. The largest absolute Gasteiger partial charge is 0.325 e. The van der Waals surface area contributed by atoms with E-state index in [9.17, 15) is 4.79 Å². The van der Waals surface area contributed by atoms with E-state index in [0.717, 1.165) is 18.8 Å². The van der Waals surface area contributed by atoms with Gasteiger partial charge in [0.1, 0.15) is 0 Å². The summed E-state index contributed by atoms with van der Waals surface area (Å²) in [6.45, 7) is 8.11. The third-order valence-electron chi connectivity index (χ3n) is 3.55. The summed E-state index contributed by atoms with van der Waals surface area (Å²) in [7, 11) is 0. The molecule has 3 atom stereocenters. The van der Waals surface area contributed by atoms with Crippen LogP contribution in [0.5, 0.6) is 0 Å². The normalized spacial score (nSPS) is 24.6. The Morgan fingerprint density at radius 2 is 1.80 bits per heavy atom. The number of rotatable bonds is 3. The van der Waals surface area contributed by atoms with Gasteiger partial charge >= 0.3 is 0 Å². The number of nitrogens with zero attached hydrogens (tertiary/aromatic N) is 1. The van der Waals surface area contributed by atoms with Crippen LogP contribution < -0.4 is 10.6 Å². The Morgan fingerprint density at radius 1 is 1.25 bits per heavy atom. The summed E-state index contributed by atoms with van der Waals surface area (Å²) in [5.41, 5.74) is 0.857. The van der Waals surface area contributed by atoms with Gasteiger partial charge in [0.2, 0.25) is 5.91 Å². The number of amides is 1. The zero-order valence-electron chi connectivity index (χ0n) is 12.3. The maximum atomic E-state index is 12.3. The molecule has 3 unspecified atom stereocenters. The van der Waals surface area contributed by atoms with Crippen molar-refractivity contribution in [1.29, 1.82) is 0 Å². The zero-order valence-corrected chi connectivity index (χ0v) is 13.1. The van der Waals surface area contributed by atoms with Crippen LogP contribution in [0.2, 0.25) is 0 Å². The molecule has 1 aromatic rings. The minimum Gasteiger partial charge on any atom is -0.325 e. The first-order chi connectivity index (χ1) is 9.06. The first-order valence-electron chi connectivity index (χ1n) is 6.92. The highest BCUT2D eigenvalue weighted by Crippen LogP contribution is 2.11. The third-order valence-corrected chi connectivity index (χ3v) is 3.55. The lowest BCUT2D eigenvalue weighted by Gasteiger charge is -2.39. The second-order valence-corrected chi connectivity index (χ2v) is 5.45. The van der Waals surface area contributed by atoms with Gasteiger partial charge in [0.25, 0.3) is 0 Å². The first-order valence-corrected chi connectivity index (χ1v) is 6.92. The predicted octanol–water partition coefficient (Wildman–Crippen LogP) is 2.12. The van der Waals surface area contributed by atoms with E-state index in [2.05, 4.69) is 29.4 Å². The van der Waals surface area contributed by atoms with Gasteiger partial charge in [-0.25, -0.2) is 0 Å². The van der Waals surface area contributed by atoms with Crippen LogP contribution in [0, 0.1) is 0 Å². The van der Waals surface area contributed by atoms with E-state index in [1.165, 1.54) is 0 Å². The molecule has 1 aliphatic rings. The number of benzene rings is 1. The van der Waals surface area contributed by atoms with E-state index in [0.29, 0.717) is 12.1 Å². The number of carbonyl (C=O) groups excluding carboxylic acids is 1. The summed E-state index contributed by atoms with van der Waals surface area (Å²) in [6.07, 6.45) is 0. The highest BCUT2D eigenvalue weighted by molar-refractivity contribution is 5.94. The topological polar surface area (TPSA) is 44.4 Å². The number of anilines is 1. The Bertz CT molecular complexity index is 416. The van der Waals surface area contributed by atoms with E-state index in [4.69, 9.17) is 0 Å². The summed E-state index contributed by atoms with van der Waals surface area (Å²) < 4.78 is 0. The smallest absolute Gasteiger partial charge is 0.241 e. The van der Waals surface area contributed by atoms with Gasteiger partial charge < -0.3 is 10.6 Å². The van der Waals surface area contributed by atoms with E-state index in [1.54, 1.807) is 0 Å². The summed E-state index contributed by atoms with van der Waals surface area (Å²) in [5, 5.41) is 6.45. The molecule has 2 rings (SSSR count). The van der Waals surface area contributed by atoms with Crippen molar-refractivity contribution >= 4 is 24.0 Å². The fourth-order valence-electron chi connectivity index (χ4n) is 2.62. The second-order valence-electron chi connectivity index (χ2n) is 5.45. The van der Waals surface area contributed by atoms with Crippen LogP contribution in [0.4, 0.5) is 5.69 Å². The maximum absolute atomic E-state index is 12.3. The lowest BCUT2D eigenvalue weighted by Crippen LogP contribution is -2.58. The fraction of sp³-hybridized carbons (Fsp3) is 0.533. The average Bonchev–Trinajstić information content (AvgIpc) is 2.37. The molecule has 0 aromatic heterocycles. The first kappa shape index (κ1) is 17.0. The third kappa shape index (κ3) is 4.47. The van der Waals surface area contributed by atoms with Gasteiger partial charge in [-0.2, -0.15) is 0 Å². The monoisotopic (exact) mass is 297 g/mol. The van der Waals surface area contributed by atoms with Crippen LogP contribution in [-0.4, -0.2) is 42.0 Å². The highest BCUT2D eigenvalue weighted by atomic mass is 35.5. The van der Waals surface area contributed by atoms with Gasteiger partial charge in [0, 0.05) is 30.9 Å². The van der Waals surface area contributed by atoms with E-state index < -0.39 is 0 Å². The van der Waals surface area contributed by atoms with E-state index >= 15 is 0 Å². The van der Waals surface area contributed by atoms with Crippen molar-refractivity contribution in [2.45, 2.75) is 38.9 Å². The molecule has 0 bridgehead atoms. The number of carbonyl (C=O) groups is 1. The van der Waals surface area contributed by atoms with Gasteiger partial charge in [0.15, 0.2) is 0 Å². The van der Waals surface area contributed by atoms with Crippen LogP contribution in [0.1, 0.15) is 20.8 Å². The van der Waals surface area contributed by atoms with Crippen molar-refractivity contribution in [2.75, 3.05) is 18.4 Å². The molecule has 1 heterocycles. The lowest BCUT2D eigenvalue weighted by molar-refractivity contribution is -0.121. The number of hydrogen-bond acceptors (Lipinski definition) is 3. The van der Waals surface area contributed by atoms with E-state index in [1.807, 2.05) is 37.3 Å². The molecule has 1 aliphatic heterocycles. The van der Waals surface area contributed by atoms with Crippen molar-refractivity contribution in [1.82, 2.24) is 10.2 Å². The molecule has 1 fully saturated rings. The summed E-state index contributed by atoms with van der Waals surface area (Å²) in [5.74, 6) is 0.0625. The predicted molar refractivity (Wildman–Crippen MR) is 85.4 cm³/mol. The van der Waals surface area contributed by atoms with Gasteiger partial charge in [-0.3, -0.25) is 9.69 Å². The van der Waals surface area contributed by atoms with Crippen LogP contribution in [0.25, 0.3) is 0 Å². The number of para-hydroxylation sites is 1. The summed E-state index contributed by atoms with van der Waals surface area (Å²) in [4.78, 5) is 14.5. The van der Waals surface area contributed by atoms with Crippen molar-refractivity contribution in [3.8, 4) is 0 Å². The van der Waals surface area contributed by atoms with Crippen molar-refractivity contribution in [2.24, 2.45) is 0 Å². The zero-order chi connectivity index (χ0) is 13.8. The lowest BCUT2D eigenvalue weighted by atomic mass is 10.1. The molecule has 112 valence electrons. The van der Waals surface area contributed by atoms with Gasteiger partial charge in [-0.15, -0.1) is 12.4 Å². The minimum absolute atomic E-state index is 0. The Kier molecular flexibility index (Phi) is 6.46. The van der Waals surface area contributed by atoms with Gasteiger partial charge in [-0.1, -0.05) is 18.2 Å². The standard InChI is InChI=1S/C15H23N3O.ClH/c1-11-9-18(10-12(2)16-11)13(3)15(19)17-14-7-5-4-6-8-14;/h4-8,11-13,16H,9-10H2,1-3H3,(H,17,19);1H. The molecule has 1 aromatic carbocycles. The SMILES string of the molecule is CC1CN(C(C)C(=O)Nc2ccccc2)CC(C)N1.Cl. The Hall–Kier alpha value is -1.10. The molecule has 0 spiro atoms. The molecule has 1 saturated heterocycles. The quantitative estimate of drug-likeness (QED) is 0.898. The van der Waals surface area contributed by atoms with Gasteiger partial charge in [0.05, 0.1) is 6.04 Å². The molecular weight excluding hydrogens is 274 g/mol. The van der Waals surface area contributed by atoms with Crippen LogP contribution in [0.3, 0.4) is 0 Å². The fourth-order valence-corrected chi connectivity index (χ4v) is 2.62. The van der Waals surface area contributed by atoms with E-state index in [-0.39, 0.29) is 24.4 Å².